The first kappa shape index (κ1) is 18.3. The van der Waals surface area contributed by atoms with Gasteiger partial charge in [-0.25, -0.2) is 0 Å². The van der Waals surface area contributed by atoms with Gasteiger partial charge in [0, 0.05) is 17.3 Å². The van der Waals surface area contributed by atoms with E-state index in [4.69, 9.17) is 14.6 Å². The van der Waals surface area contributed by atoms with Gasteiger partial charge in [-0.2, -0.15) is 0 Å². The quantitative estimate of drug-likeness (QED) is 0.552. The summed E-state index contributed by atoms with van der Waals surface area (Å²) in [5.41, 5.74) is -0.497. The van der Waals surface area contributed by atoms with Crippen molar-refractivity contribution in [2.24, 2.45) is 5.92 Å². The van der Waals surface area contributed by atoms with Gasteiger partial charge in [0.25, 0.3) is 11.7 Å². The molecule has 0 radical (unpaired) electrons. The van der Waals surface area contributed by atoms with Crippen molar-refractivity contribution < 1.29 is 29.0 Å². The summed E-state index contributed by atoms with van der Waals surface area (Å²) in [6, 6.07) is -0.831. The molecule has 3 aliphatic heterocycles. The van der Waals surface area contributed by atoms with Crippen molar-refractivity contribution in [1.29, 1.82) is 0 Å². The van der Waals surface area contributed by atoms with Crippen molar-refractivity contribution in [1.82, 2.24) is 4.90 Å². The van der Waals surface area contributed by atoms with E-state index in [1.807, 2.05) is 13.8 Å². The molecule has 0 aromatic heterocycles. The molecule has 3 rings (SSSR count). The molecule has 3 aliphatic rings. The van der Waals surface area contributed by atoms with E-state index in [0.29, 0.717) is 26.0 Å². The smallest absolute Gasteiger partial charge is 0.538 e. The third-order valence-electron chi connectivity index (χ3n) is 6.06. The van der Waals surface area contributed by atoms with E-state index in [1.165, 1.54) is 4.90 Å². The number of amides is 1. The number of piperidine rings is 1. The molecular formula is C18H28NO6+. The molecule has 7 nitrogen and oxygen atoms in total. The molecular weight excluding hydrogens is 326 g/mol. The number of rotatable bonds is 4. The van der Waals surface area contributed by atoms with Crippen molar-refractivity contribution in [3.8, 4) is 0 Å². The number of ketones is 1. The Morgan fingerprint density at radius 2 is 1.96 bits per heavy atom. The Morgan fingerprint density at radius 1 is 1.20 bits per heavy atom. The normalized spacial score (nSPS) is 38.2. The predicted octanol–water partition coefficient (Wildman–Crippen LogP) is 0.900. The van der Waals surface area contributed by atoms with Gasteiger partial charge in [0.15, 0.2) is 6.04 Å². The van der Waals surface area contributed by atoms with Crippen LogP contribution in [-0.4, -0.2) is 58.2 Å². The number of nitrogens with zero attached hydrogens (tertiary/aromatic N) is 1. The molecule has 0 aliphatic carbocycles. The molecule has 0 bridgehead atoms. The largest absolute Gasteiger partial charge is 0.563 e. The monoisotopic (exact) mass is 354 g/mol. The van der Waals surface area contributed by atoms with Gasteiger partial charge < -0.3 is 19.5 Å². The molecule has 0 aromatic carbocycles. The molecule has 0 aromatic rings. The first-order valence-corrected chi connectivity index (χ1v) is 9.28. The molecule has 2 N–H and O–H groups in total. The standard InChI is InChI=1S/C18H27NO6/c1-3-17(2)9-7-12-8-11-24-18(12,25-17)14(20)15(21)19-10-5-4-6-13(19)16(22)23/h12-13H,3-11H2,1-2H3,(H,22,23)/p+1/t12-,13?,17?,18+/m0/s1. The van der Waals surface area contributed by atoms with Crippen LogP contribution in [-0.2, 0) is 23.9 Å². The van der Waals surface area contributed by atoms with E-state index in [1.54, 1.807) is 0 Å². The second-order valence-electron chi connectivity index (χ2n) is 7.65. The van der Waals surface area contributed by atoms with Gasteiger partial charge >= 0.3 is 5.97 Å². The summed E-state index contributed by atoms with van der Waals surface area (Å²) in [5, 5.41) is 7.41. The Labute approximate surface area is 147 Å². The fraction of sp³-hybridized carbons (Fsp3) is 0.833. The first-order chi connectivity index (χ1) is 11.8. The second kappa shape index (κ2) is 6.68. The third kappa shape index (κ3) is 3.08. The third-order valence-corrected chi connectivity index (χ3v) is 6.06. The number of carbonyl (C=O) groups is 3. The zero-order valence-electron chi connectivity index (χ0n) is 15.0. The predicted molar refractivity (Wildman–Crippen MR) is 88.8 cm³/mol. The summed E-state index contributed by atoms with van der Waals surface area (Å²) in [6.07, 6.45) is 4.98. The first-order valence-electron chi connectivity index (χ1n) is 9.28. The molecule has 140 valence electrons. The summed E-state index contributed by atoms with van der Waals surface area (Å²) in [7, 11) is 0. The van der Waals surface area contributed by atoms with E-state index >= 15 is 0 Å². The number of fused-ring (bicyclic) bond motifs is 1. The Hall–Kier alpha value is -1.47. The fourth-order valence-electron chi connectivity index (χ4n) is 4.28. The summed E-state index contributed by atoms with van der Waals surface area (Å²) in [6.45, 7) is 4.66. The second-order valence-corrected chi connectivity index (χ2v) is 7.65. The molecule has 3 heterocycles. The van der Waals surface area contributed by atoms with Gasteiger partial charge in [-0.15, -0.1) is 0 Å². The molecule has 0 saturated carbocycles. The summed E-state index contributed by atoms with van der Waals surface area (Å²) >= 11 is 0. The highest BCUT2D eigenvalue weighted by Crippen LogP contribution is 2.47. The van der Waals surface area contributed by atoms with Crippen molar-refractivity contribution in [2.45, 2.75) is 76.2 Å². The summed E-state index contributed by atoms with van der Waals surface area (Å²) in [5.74, 6) is -3.91. The Balaban J connectivity index is 1.86. The molecule has 25 heavy (non-hydrogen) atoms. The van der Waals surface area contributed by atoms with Crippen molar-refractivity contribution in [2.75, 3.05) is 13.2 Å². The lowest BCUT2D eigenvalue weighted by molar-refractivity contribution is -0.286. The van der Waals surface area contributed by atoms with E-state index in [-0.39, 0.29) is 5.92 Å². The van der Waals surface area contributed by atoms with Crippen LogP contribution < -0.4 is 0 Å². The zero-order chi connectivity index (χ0) is 18.2. The average molecular weight is 354 g/mol. The van der Waals surface area contributed by atoms with Gasteiger partial charge in [0.05, 0.1) is 12.2 Å². The van der Waals surface area contributed by atoms with E-state index in [9.17, 15) is 14.4 Å². The molecule has 3 saturated heterocycles. The van der Waals surface area contributed by atoms with Crippen LogP contribution in [0.25, 0.3) is 0 Å². The molecule has 4 atom stereocenters. The molecule has 7 heteroatoms. The molecule has 1 amide bonds. The van der Waals surface area contributed by atoms with Crippen LogP contribution in [0.2, 0.25) is 0 Å². The summed E-state index contributed by atoms with van der Waals surface area (Å²) in [4.78, 5) is 38.9. The lowest BCUT2D eigenvalue weighted by atomic mass is 9.80. The van der Waals surface area contributed by atoms with Crippen LogP contribution in [0.4, 0.5) is 0 Å². The van der Waals surface area contributed by atoms with Crippen molar-refractivity contribution in [3.63, 3.8) is 0 Å². The van der Waals surface area contributed by atoms with Gasteiger partial charge in [-0.1, -0.05) is 6.92 Å². The maximum absolute atomic E-state index is 13.2. The topological polar surface area (TPSA) is 95.8 Å². The number of ether oxygens (including phenoxy) is 2. The SMILES string of the molecule is CCC1(C)CC[C@H]2CCO[C@@]2(C(=O)C(=O)N2CCCCC2C(=O)[OH2+])O1. The fourth-order valence-corrected chi connectivity index (χ4v) is 4.28. The number of hydrogen-bond donors (Lipinski definition) is 0. The molecule has 2 unspecified atom stereocenters. The maximum atomic E-state index is 13.2. The van der Waals surface area contributed by atoms with Crippen molar-refractivity contribution >= 4 is 17.7 Å². The Morgan fingerprint density at radius 3 is 2.64 bits per heavy atom. The highest BCUT2D eigenvalue weighted by Gasteiger charge is 2.60. The minimum absolute atomic E-state index is 0.126. The van der Waals surface area contributed by atoms with Gasteiger partial charge in [0.2, 0.25) is 5.79 Å². The number of carbonyl (C=O) groups excluding carboxylic acids is 3. The minimum atomic E-state index is -1.52. The van der Waals surface area contributed by atoms with Crippen molar-refractivity contribution in [3.05, 3.63) is 0 Å². The lowest BCUT2D eigenvalue weighted by Crippen LogP contribution is -2.61. The minimum Gasteiger partial charge on any atom is -0.563 e. The highest BCUT2D eigenvalue weighted by atomic mass is 16.7. The van der Waals surface area contributed by atoms with E-state index < -0.39 is 35.1 Å². The van der Waals surface area contributed by atoms with E-state index in [2.05, 4.69) is 0 Å². The van der Waals surface area contributed by atoms with Crippen LogP contribution in [0.3, 0.4) is 0 Å². The maximum Gasteiger partial charge on any atom is 0.538 e. The molecule has 3 fully saturated rings. The Kier molecular flexibility index (Phi) is 4.90. The molecule has 0 spiro atoms. The van der Waals surface area contributed by atoms with Crippen LogP contribution in [0.15, 0.2) is 0 Å². The zero-order valence-corrected chi connectivity index (χ0v) is 15.0. The van der Waals surface area contributed by atoms with Crippen LogP contribution >= 0.6 is 0 Å². The number of likely N-dealkylation sites (tertiary alicyclic amines) is 1. The van der Waals surface area contributed by atoms with Gasteiger partial charge in [0.1, 0.15) is 0 Å². The lowest BCUT2D eigenvalue weighted by Gasteiger charge is -2.46. The van der Waals surface area contributed by atoms with Crippen LogP contribution in [0.1, 0.15) is 58.8 Å². The number of hydrogen-bond acceptors (Lipinski definition) is 5. The van der Waals surface area contributed by atoms with Crippen LogP contribution in [0, 0.1) is 5.92 Å². The average Bonchev–Trinajstić information content (AvgIpc) is 3.04. The van der Waals surface area contributed by atoms with Crippen LogP contribution in [0.5, 0.6) is 0 Å². The summed E-state index contributed by atoms with van der Waals surface area (Å²) < 4.78 is 11.9. The Bertz CT molecular complexity index is 578. The number of Topliss-reactive ketones (excluding diaryl/α,β-unsaturated/α-hetero) is 1. The highest BCUT2D eigenvalue weighted by molar-refractivity contribution is 6.39. The van der Waals surface area contributed by atoms with Gasteiger partial charge in [-0.3, -0.25) is 9.59 Å². The van der Waals surface area contributed by atoms with Gasteiger partial charge in [-0.05, 0) is 51.9 Å². The van der Waals surface area contributed by atoms with E-state index in [0.717, 1.165) is 32.1 Å².